The lowest BCUT2D eigenvalue weighted by Crippen LogP contribution is -1.80. The zero-order valence-electron chi connectivity index (χ0n) is 7.07. The molecule has 0 N–H and O–H groups in total. The van der Waals surface area contributed by atoms with Crippen molar-refractivity contribution < 1.29 is 4.79 Å². The van der Waals surface area contributed by atoms with Crippen LogP contribution in [0.4, 0.5) is 0 Å². The van der Waals surface area contributed by atoms with Gasteiger partial charge in [0.25, 0.3) is 0 Å². The van der Waals surface area contributed by atoms with E-state index in [-0.39, 0.29) is 0 Å². The van der Waals surface area contributed by atoms with Gasteiger partial charge in [-0.15, -0.1) is 24.0 Å². The summed E-state index contributed by atoms with van der Waals surface area (Å²) in [5.74, 6) is 0. The van der Waals surface area contributed by atoms with Crippen molar-refractivity contribution in [2.24, 2.45) is 0 Å². The summed E-state index contributed by atoms with van der Waals surface area (Å²) in [6.07, 6.45) is 0.907. The topological polar surface area (TPSA) is 17.1 Å². The largest absolute Gasteiger partial charge is 0.298 e. The van der Waals surface area contributed by atoms with E-state index in [1.165, 1.54) is 0 Å². The second-order valence-corrected chi connectivity index (χ2v) is 4.37. The second kappa shape index (κ2) is 3.16. The molecule has 2 rings (SSSR count). The molecular weight excluding hydrogens is 200 g/mol. The van der Waals surface area contributed by atoms with Crippen molar-refractivity contribution in [1.82, 2.24) is 0 Å². The van der Waals surface area contributed by atoms with Crippen LogP contribution in [0.25, 0.3) is 10.1 Å². The Labute approximate surface area is 85.8 Å². The van der Waals surface area contributed by atoms with Crippen molar-refractivity contribution in [1.29, 1.82) is 0 Å². The number of fused-ring (bicyclic) bond motifs is 1. The number of hydrogen-bond donors (Lipinski definition) is 1. The molecule has 0 aliphatic carbocycles. The highest BCUT2D eigenvalue weighted by atomic mass is 32.1. The highest BCUT2D eigenvalue weighted by Gasteiger charge is 2.06. The lowest BCUT2D eigenvalue weighted by atomic mass is 10.1. The quantitative estimate of drug-likeness (QED) is 0.562. The Balaban J connectivity index is 2.89. The predicted molar refractivity (Wildman–Crippen MR) is 59.2 cm³/mol. The van der Waals surface area contributed by atoms with Crippen LogP contribution in [0, 0.1) is 6.92 Å². The smallest absolute Gasteiger partial charge is 0.151 e. The first-order chi connectivity index (χ1) is 6.22. The number of carbonyl (C=O) groups excluding carboxylic acids is 1. The fraction of sp³-hybridized carbons (Fsp3) is 0.100. The summed E-state index contributed by atoms with van der Waals surface area (Å²) in [6.45, 7) is 2.00. The minimum absolute atomic E-state index is 0.783. The molecule has 0 saturated carbocycles. The summed E-state index contributed by atoms with van der Waals surface area (Å²) in [4.78, 5) is 11.7. The number of aryl methyl sites for hydroxylation is 1. The zero-order valence-corrected chi connectivity index (χ0v) is 8.78. The number of aldehydes is 1. The number of carbonyl (C=O) groups is 1. The Morgan fingerprint density at radius 3 is 2.92 bits per heavy atom. The van der Waals surface area contributed by atoms with Crippen LogP contribution in [-0.4, -0.2) is 6.29 Å². The predicted octanol–water partition coefficient (Wildman–Crippen LogP) is 3.31. The molecule has 0 unspecified atom stereocenters. The van der Waals surface area contributed by atoms with E-state index < -0.39 is 0 Å². The molecule has 1 heterocycles. The van der Waals surface area contributed by atoms with E-state index in [4.69, 9.17) is 0 Å². The summed E-state index contributed by atoms with van der Waals surface area (Å²) < 4.78 is 1.13. The van der Waals surface area contributed by atoms with Gasteiger partial charge in [-0.25, -0.2) is 0 Å². The van der Waals surface area contributed by atoms with Gasteiger partial charge in [0.05, 0.1) is 0 Å². The van der Waals surface area contributed by atoms with Crippen LogP contribution >= 0.6 is 24.0 Å². The Bertz CT molecular complexity index is 471. The van der Waals surface area contributed by atoms with E-state index in [1.54, 1.807) is 11.3 Å². The first kappa shape index (κ1) is 8.78. The Morgan fingerprint density at radius 2 is 2.23 bits per heavy atom. The molecule has 0 amide bonds. The fourth-order valence-corrected chi connectivity index (χ4v) is 2.90. The molecule has 2 aromatic rings. The van der Waals surface area contributed by atoms with E-state index in [1.807, 2.05) is 24.4 Å². The van der Waals surface area contributed by atoms with Crippen LogP contribution in [0.2, 0.25) is 0 Å². The highest BCUT2D eigenvalue weighted by molar-refractivity contribution is 7.80. The monoisotopic (exact) mass is 208 g/mol. The third-order valence-corrected chi connectivity index (χ3v) is 3.22. The van der Waals surface area contributed by atoms with Gasteiger partial charge in [-0.05, 0) is 24.6 Å². The Hall–Kier alpha value is -0.800. The van der Waals surface area contributed by atoms with E-state index in [9.17, 15) is 4.79 Å². The second-order valence-electron chi connectivity index (χ2n) is 2.94. The summed E-state index contributed by atoms with van der Waals surface area (Å²) in [6, 6.07) is 3.97. The van der Waals surface area contributed by atoms with Gasteiger partial charge in [0.2, 0.25) is 0 Å². The zero-order chi connectivity index (χ0) is 9.42. The molecule has 0 atom stereocenters. The average molecular weight is 208 g/mol. The maximum atomic E-state index is 10.7. The summed E-state index contributed by atoms with van der Waals surface area (Å²) >= 11 is 5.87. The first-order valence-corrected chi connectivity index (χ1v) is 5.21. The van der Waals surface area contributed by atoms with Crippen LogP contribution in [0.5, 0.6) is 0 Å². The maximum Gasteiger partial charge on any atom is 0.151 e. The van der Waals surface area contributed by atoms with Crippen molar-refractivity contribution in [3.8, 4) is 0 Å². The molecule has 0 bridgehead atoms. The van der Waals surface area contributed by atoms with Crippen molar-refractivity contribution in [3.05, 3.63) is 28.6 Å². The minimum Gasteiger partial charge on any atom is -0.298 e. The highest BCUT2D eigenvalue weighted by Crippen LogP contribution is 2.30. The first-order valence-electron chi connectivity index (χ1n) is 3.88. The molecule has 0 radical (unpaired) electrons. The van der Waals surface area contributed by atoms with E-state index in [0.29, 0.717) is 0 Å². The number of benzene rings is 1. The Kier molecular flexibility index (Phi) is 2.14. The molecule has 1 nitrogen and oxygen atoms in total. The fourth-order valence-electron chi connectivity index (χ4n) is 1.47. The van der Waals surface area contributed by atoms with Gasteiger partial charge >= 0.3 is 0 Å². The van der Waals surface area contributed by atoms with Crippen LogP contribution < -0.4 is 0 Å². The normalized spacial score (nSPS) is 10.6. The van der Waals surface area contributed by atoms with Crippen molar-refractivity contribution in [2.45, 2.75) is 11.8 Å². The van der Waals surface area contributed by atoms with Crippen LogP contribution in [0.3, 0.4) is 0 Å². The van der Waals surface area contributed by atoms with Gasteiger partial charge in [-0.2, -0.15) is 0 Å². The van der Waals surface area contributed by atoms with Gasteiger partial charge in [-0.3, -0.25) is 4.79 Å². The molecule has 1 aromatic heterocycles. The van der Waals surface area contributed by atoms with Crippen LogP contribution in [-0.2, 0) is 0 Å². The average Bonchev–Trinajstić information content (AvgIpc) is 2.47. The Morgan fingerprint density at radius 1 is 1.46 bits per heavy atom. The number of rotatable bonds is 1. The molecule has 0 saturated heterocycles. The van der Waals surface area contributed by atoms with E-state index >= 15 is 0 Å². The molecule has 13 heavy (non-hydrogen) atoms. The lowest BCUT2D eigenvalue weighted by Gasteiger charge is -1.98. The third-order valence-electron chi connectivity index (χ3n) is 2.01. The van der Waals surface area contributed by atoms with Gasteiger partial charge in [0.15, 0.2) is 6.29 Å². The molecular formula is C10H8OS2. The molecule has 0 aliphatic heterocycles. The van der Waals surface area contributed by atoms with Gasteiger partial charge in [-0.1, -0.05) is 0 Å². The number of hydrogen-bond acceptors (Lipinski definition) is 3. The number of thiophene rings is 1. The van der Waals surface area contributed by atoms with Gasteiger partial charge in [0.1, 0.15) is 0 Å². The summed E-state index contributed by atoms with van der Waals surface area (Å²) in [7, 11) is 0. The molecule has 66 valence electrons. The van der Waals surface area contributed by atoms with Crippen molar-refractivity contribution >= 4 is 40.3 Å². The van der Waals surface area contributed by atoms with Gasteiger partial charge in [0, 0.05) is 25.9 Å². The standard InChI is InChI=1S/C10H8OS2/c1-6-2-8(12)3-9-10(6)7(4-11)5-13-9/h2-5,12H,1H3. The van der Waals surface area contributed by atoms with Crippen LogP contribution in [0.15, 0.2) is 22.4 Å². The third kappa shape index (κ3) is 1.38. The summed E-state index contributed by atoms with van der Waals surface area (Å²) in [5, 5.41) is 2.95. The maximum absolute atomic E-state index is 10.7. The van der Waals surface area contributed by atoms with E-state index in [2.05, 4.69) is 12.6 Å². The molecule has 0 spiro atoms. The molecule has 1 aromatic carbocycles. The molecule has 0 fully saturated rings. The van der Waals surface area contributed by atoms with Crippen molar-refractivity contribution in [3.63, 3.8) is 0 Å². The van der Waals surface area contributed by atoms with Gasteiger partial charge < -0.3 is 0 Å². The molecule has 0 aliphatic rings. The minimum atomic E-state index is 0.783. The van der Waals surface area contributed by atoms with E-state index in [0.717, 1.165) is 32.4 Å². The lowest BCUT2D eigenvalue weighted by molar-refractivity contribution is 0.112. The number of thiol groups is 1. The van der Waals surface area contributed by atoms with Crippen LogP contribution in [0.1, 0.15) is 15.9 Å². The van der Waals surface area contributed by atoms with Crippen molar-refractivity contribution in [2.75, 3.05) is 0 Å². The summed E-state index contributed by atoms with van der Waals surface area (Å²) in [5.41, 5.74) is 1.90. The molecule has 3 heteroatoms. The SMILES string of the molecule is Cc1cc(S)cc2scc(C=O)c12.